The van der Waals surface area contributed by atoms with E-state index in [0.29, 0.717) is 0 Å². The molecule has 5 nitrogen and oxygen atoms in total. The minimum absolute atomic E-state index is 0.0204. The summed E-state index contributed by atoms with van der Waals surface area (Å²) in [6, 6.07) is 4.31. The number of fused-ring (bicyclic) bond motifs is 1. The van der Waals surface area contributed by atoms with Crippen molar-refractivity contribution in [2.45, 2.75) is 71.6 Å². The Balaban J connectivity index is 2.04. The summed E-state index contributed by atoms with van der Waals surface area (Å²) in [6.45, 7) is 9.55. The first-order chi connectivity index (χ1) is 11.6. The zero-order valence-electron chi connectivity index (χ0n) is 15.6. The summed E-state index contributed by atoms with van der Waals surface area (Å²) in [6.07, 6.45) is 2.92. The van der Waals surface area contributed by atoms with Crippen LogP contribution < -0.4 is 10.2 Å². The highest BCUT2D eigenvalue weighted by Gasteiger charge is 2.28. The average molecular weight is 411 g/mol. The van der Waals surface area contributed by atoms with Crippen LogP contribution in [-0.2, 0) is 22.4 Å². The Kier molecular flexibility index (Phi) is 6.14. The number of anilines is 1. The molecule has 2 atom stereocenters. The molecule has 0 bridgehead atoms. The van der Waals surface area contributed by atoms with Gasteiger partial charge < -0.3 is 15.0 Å². The number of hydrogen-bond acceptors (Lipinski definition) is 3. The van der Waals surface area contributed by atoms with Gasteiger partial charge in [-0.2, -0.15) is 0 Å². The van der Waals surface area contributed by atoms with E-state index in [1.54, 1.807) is 0 Å². The molecule has 0 aromatic heterocycles. The lowest BCUT2D eigenvalue weighted by molar-refractivity contribution is -0.107. The second kappa shape index (κ2) is 7.77. The van der Waals surface area contributed by atoms with E-state index in [-0.39, 0.29) is 12.1 Å². The fourth-order valence-corrected chi connectivity index (χ4v) is 3.69. The van der Waals surface area contributed by atoms with Crippen molar-refractivity contribution >= 4 is 34.1 Å². The first-order valence-electron chi connectivity index (χ1n) is 8.65. The molecule has 6 heteroatoms. The zero-order chi connectivity index (χ0) is 18.8. The van der Waals surface area contributed by atoms with Gasteiger partial charge in [0.2, 0.25) is 6.41 Å². The number of nitrogens with zero attached hydrogens (tertiary/aromatic N) is 1. The number of benzene rings is 1. The van der Waals surface area contributed by atoms with Crippen LogP contribution in [0.2, 0.25) is 0 Å². The SMILES string of the molecule is CC(CCc1cc(Br)cc2c1N(C=O)C(C)C2)NC(=O)OC(C)(C)C. The van der Waals surface area contributed by atoms with Crippen molar-refractivity contribution < 1.29 is 14.3 Å². The molecule has 0 spiro atoms. The molecular formula is C19H27BrN2O3. The number of ether oxygens (including phenoxy) is 1. The van der Waals surface area contributed by atoms with Gasteiger partial charge in [-0.3, -0.25) is 4.79 Å². The highest BCUT2D eigenvalue weighted by molar-refractivity contribution is 9.10. The van der Waals surface area contributed by atoms with E-state index in [0.717, 1.165) is 41.4 Å². The van der Waals surface area contributed by atoms with Crippen molar-refractivity contribution in [2.24, 2.45) is 0 Å². The Morgan fingerprint density at radius 1 is 1.48 bits per heavy atom. The predicted octanol–water partition coefficient (Wildman–Crippen LogP) is 4.20. The van der Waals surface area contributed by atoms with Crippen LogP contribution in [-0.4, -0.2) is 30.2 Å². The van der Waals surface area contributed by atoms with Gasteiger partial charge in [-0.05, 0) is 77.1 Å². The Hall–Kier alpha value is -1.56. The molecule has 2 rings (SSSR count). The van der Waals surface area contributed by atoms with E-state index in [1.807, 2.05) is 32.6 Å². The lowest BCUT2D eigenvalue weighted by Crippen LogP contribution is -2.37. The molecule has 1 N–H and O–H groups in total. The van der Waals surface area contributed by atoms with Crippen molar-refractivity contribution in [1.29, 1.82) is 0 Å². The largest absolute Gasteiger partial charge is 0.444 e. The number of aryl methyl sites for hydroxylation is 1. The number of nitrogens with one attached hydrogen (secondary N) is 1. The smallest absolute Gasteiger partial charge is 0.407 e. The molecule has 1 heterocycles. The zero-order valence-corrected chi connectivity index (χ0v) is 17.1. The fourth-order valence-electron chi connectivity index (χ4n) is 3.14. The molecule has 138 valence electrons. The van der Waals surface area contributed by atoms with Gasteiger partial charge in [0.25, 0.3) is 0 Å². The van der Waals surface area contributed by atoms with Crippen LogP contribution in [0.4, 0.5) is 10.5 Å². The molecule has 1 aromatic rings. The topological polar surface area (TPSA) is 58.6 Å². The first kappa shape index (κ1) is 19.8. The maximum absolute atomic E-state index is 11.9. The van der Waals surface area contributed by atoms with Crippen molar-refractivity contribution in [1.82, 2.24) is 5.32 Å². The number of hydrogen-bond donors (Lipinski definition) is 1. The minimum Gasteiger partial charge on any atom is -0.444 e. The quantitative estimate of drug-likeness (QED) is 0.739. The standard InChI is InChI=1S/C19H27BrN2O3/c1-12(21-18(24)25-19(3,4)5)6-7-14-9-16(20)10-15-8-13(2)22(11-23)17(14)15/h9-13H,6-8H2,1-5H3,(H,21,24). The van der Waals surface area contributed by atoms with Gasteiger partial charge in [0, 0.05) is 16.6 Å². The van der Waals surface area contributed by atoms with Crippen molar-refractivity contribution in [3.05, 3.63) is 27.7 Å². The molecule has 2 unspecified atom stereocenters. The van der Waals surface area contributed by atoms with E-state index >= 15 is 0 Å². The summed E-state index contributed by atoms with van der Waals surface area (Å²) < 4.78 is 6.31. The van der Waals surface area contributed by atoms with Gasteiger partial charge in [0.15, 0.2) is 0 Å². The average Bonchev–Trinajstić information content (AvgIpc) is 2.77. The van der Waals surface area contributed by atoms with Crippen molar-refractivity contribution in [3.63, 3.8) is 0 Å². The Labute approximate surface area is 158 Å². The molecule has 2 amide bonds. The van der Waals surface area contributed by atoms with E-state index < -0.39 is 11.7 Å². The first-order valence-corrected chi connectivity index (χ1v) is 9.44. The normalized spacial score (nSPS) is 17.8. The molecular weight excluding hydrogens is 384 g/mol. The summed E-state index contributed by atoms with van der Waals surface area (Å²) in [5.41, 5.74) is 2.83. The lowest BCUT2D eigenvalue weighted by Gasteiger charge is -2.23. The lowest BCUT2D eigenvalue weighted by atomic mass is 10.0. The molecule has 1 aliphatic rings. The molecule has 0 saturated carbocycles. The van der Waals surface area contributed by atoms with Crippen molar-refractivity contribution in [2.75, 3.05) is 4.90 Å². The molecule has 0 radical (unpaired) electrons. The third kappa shape index (κ3) is 5.21. The van der Waals surface area contributed by atoms with Crippen LogP contribution in [0.25, 0.3) is 0 Å². The van der Waals surface area contributed by atoms with E-state index in [4.69, 9.17) is 4.74 Å². The number of amides is 2. The van der Waals surface area contributed by atoms with Crippen LogP contribution in [0.5, 0.6) is 0 Å². The predicted molar refractivity (Wildman–Crippen MR) is 103 cm³/mol. The summed E-state index contributed by atoms with van der Waals surface area (Å²) >= 11 is 3.56. The maximum Gasteiger partial charge on any atom is 0.407 e. The van der Waals surface area contributed by atoms with Crippen LogP contribution in [0.15, 0.2) is 16.6 Å². The number of halogens is 1. The second-order valence-electron chi connectivity index (χ2n) is 7.72. The van der Waals surface area contributed by atoms with Crippen LogP contribution in [0.1, 0.15) is 52.2 Å². The van der Waals surface area contributed by atoms with Crippen molar-refractivity contribution in [3.8, 4) is 0 Å². The molecule has 0 saturated heterocycles. The molecule has 1 aromatic carbocycles. The number of carbonyl (C=O) groups excluding carboxylic acids is 2. The fraction of sp³-hybridized carbons (Fsp3) is 0.579. The Morgan fingerprint density at radius 3 is 2.76 bits per heavy atom. The van der Waals surface area contributed by atoms with Crippen LogP contribution in [0, 0.1) is 0 Å². The van der Waals surface area contributed by atoms with E-state index in [2.05, 4.69) is 40.3 Å². The Bertz CT molecular complexity index is 655. The van der Waals surface area contributed by atoms with Gasteiger partial charge in [0.1, 0.15) is 5.60 Å². The van der Waals surface area contributed by atoms with Gasteiger partial charge in [-0.25, -0.2) is 4.79 Å². The minimum atomic E-state index is -0.504. The second-order valence-corrected chi connectivity index (χ2v) is 8.64. The van der Waals surface area contributed by atoms with Crippen LogP contribution >= 0.6 is 15.9 Å². The monoisotopic (exact) mass is 410 g/mol. The number of carbonyl (C=O) groups is 2. The third-order valence-corrected chi connectivity index (χ3v) is 4.66. The van der Waals surface area contributed by atoms with E-state index in [1.165, 1.54) is 5.56 Å². The number of rotatable bonds is 5. The molecule has 0 aliphatic carbocycles. The summed E-state index contributed by atoms with van der Waals surface area (Å²) in [7, 11) is 0. The van der Waals surface area contributed by atoms with Gasteiger partial charge in [-0.15, -0.1) is 0 Å². The highest BCUT2D eigenvalue weighted by Crippen LogP contribution is 2.37. The van der Waals surface area contributed by atoms with Crippen LogP contribution in [0.3, 0.4) is 0 Å². The van der Waals surface area contributed by atoms with Gasteiger partial charge >= 0.3 is 6.09 Å². The Morgan fingerprint density at radius 2 is 2.16 bits per heavy atom. The van der Waals surface area contributed by atoms with E-state index in [9.17, 15) is 9.59 Å². The maximum atomic E-state index is 11.9. The molecule has 25 heavy (non-hydrogen) atoms. The molecule has 1 aliphatic heterocycles. The number of alkyl carbamates (subject to hydrolysis) is 1. The summed E-state index contributed by atoms with van der Waals surface area (Å²) in [5, 5.41) is 2.87. The van der Waals surface area contributed by atoms with Gasteiger partial charge in [0.05, 0.1) is 5.69 Å². The third-order valence-electron chi connectivity index (χ3n) is 4.20. The van der Waals surface area contributed by atoms with Gasteiger partial charge in [-0.1, -0.05) is 15.9 Å². The summed E-state index contributed by atoms with van der Waals surface area (Å²) in [4.78, 5) is 25.2. The molecule has 0 fully saturated rings. The highest BCUT2D eigenvalue weighted by atomic mass is 79.9. The summed E-state index contributed by atoms with van der Waals surface area (Å²) in [5.74, 6) is 0.